The van der Waals surface area contributed by atoms with Crippen LogP contribution in [0.5, 0.6) is 5.75 Å². The van der Waals surface area contributed by atoms with Crippen LogP contribution in [0.15, 0.2) is 35.1 Å². The van der Waals surface area contributed by atoms with Crippen LogP contribution in [0.3, 0.4) is 0 Å². The van der Waals surface area contributed by atoms with Crippen LogP contribution in [0.2, 0.25) is 0 Å². The molecule has 3 heterocycles. The van der Waals surface area contributed by atoms with Gasteiger partial charge >= 0.3 is 6.09 Å². The second kappa shape index (κ2) is 9.40. The number of aromatic nitrogens is 4. The van der Waals surface area contributed by atoms with Gasteiger partial charge in [0.2, 0.25) is 0 Å². The van der Waals surface area contributed by atoms with Gasteiger partial charge in [-0.3, -0.25) is 0 Å². The third kappa shape index (κ3) is 5.60. The molecule has 1 aliphatic rings. The zero-order valence-electron chi connectivity index (χ0n) is 20.3. The van der Waals surface area contributed by atoms with Crippen LogP contribution in [0.4, 0.5) is 10.6 Å². The number of rotatable bonds is 5. The highest BCUT2D eigenvalue weighted by Crippen LogP contribution is 2.28. The van der Waals surface area contributed by atoms with E-state index in [1.807, 2.05) is 49.7 Å². The number of fused-ring (bicyclic) bond motifs is 1. The first-order chi connectivity index (χ1) is 16.0. The Kier molecular flexibility index (Phi) is 6.71. The average Bonchev–Trinajstić information content (AvgIpc) is 3.08. The molecule has 34 heavy (non-hydrogen) atoms. The van der Waals surface area contributed by atoms with Crippen molar-refractivity contribution in [3.05, 3.63) is 40.6 Å². The Bertz CT molecular complexity index is 1160. The summed E-state index contributed by atoms with van der Waals surface area (Å²) < 4.78 is 13.2. The Hall–Kier alpha value is -2.88. The summed E-state index contributed by atoms with van der Waals surface area (Å²) in [6.45, 7) is 9.73. The van der Waals surface area contributed by atoms with E-state index in [-0.39, 0.29) is 11.6 Å². The van der Waals surface area contributed by atoms with E-state index in [1.165, 1.54) is 0 Å². The number of benzene rings is 1. The number of halogens is 1. The topological polar surface area (TPSA) is 94.4 Å². The molecule has 182 valence electrons. The smallest absolute Gasteiger partial charge is 0.408 e. The summed E-state index contributed by atoms with van der Waals surface area (Å²) in [6.07, 6.45) is 2.97. The first kappa shape index (κ1) is 24.3. The molecule has 1 saturated heterocycles. The van der Waals surface area contributed by atoms with Gasteiger partial charge in [-0.1, -0.05) is 12.1 Å². The predicted octanol–water partition coefficient (Wildman–Crippen LogP) is 4.53. The summed E-state index contributed by atoms with van der Waals surface area (Å²) in [5, 5.41) is 7.64. The van der Waals surface area contributed by atoms with Crippen molar-refractivity contribution in [1.82, 2.24) is 25.1 Å². The molecule has 10 heteroatoms. The third-order valence-electron chi connectivity index (χ3n) is 5.87. The van der Waals surface area contributed by atoms with Crippen LogP contribution >= 0.6 is 15.9 Å². The van der Waals surface area contributed by atoms with Gasteiger partial charge in [0.25, 0.3) is 0 Å². The summed E-state index contributed by atoms with van der Waals surface area (Å²) in [7, 11) is 1.65. The molecule has 1 aliphatic heterocycles. The molecule has 1 aromatic carbocycles. The minimum atomic E-state index is -0.519. The summed E-state index contributed by atoms with van der Waals surface area (Å²) in [4.78, 5) is 24.0. The van der Waals surface area contributed by atoms with Crippen LogP contribution in [0.1, 0.15) is 46.1 Å². The Morgan fingerprint density at radius 2 is 1.88 bits per heavy atom. The summed E-state index contributed by atoms with van der Waals surface area (Å²) in [5.74, 6) is 1.62. The predicted molar refractivity (Wildman–Crippen MR) is 134 cm³/mol. The van der Waals surface area contributed by atoms with Crippen LogP contribution in [0.25, 0.3) is 11.2 Å². The number of alkyl carbamates (subject to hydrolysis) is 1. The van der Waals surface area contributed by atoms with Gasteiger partial charge in [0.1, 0.15) is 22.7 Å². The molecule has 0 unspecified atom stereocenters. The summed E-state index contributed by atoms with van der Waals surface area (Å²) in [6, 6.07) is 7.90. The number of hydrogen-bond donors (Lipinski definition) is 1. The summed E-state index contributed by atoms with van der Waals surface area (Å²) in [5.41, 5.74) is 1.70. The molecule has 2 aromatic heterocycles. The largest absolute Gasteiger partial charge is 0.497 e. The Balaban J connectivity index is 1.47. The van der Waals surface area contributed by atoms with Gasteiger partial charge in [-0.15, -0.1) is 0 Å². The lowest BCUT2D eigenvalue weighted by molar-refractivity contribution is 0.0448. The molecule has 0 atom stereocenters. The highest BCUT2D eigenvalue weighted by molar-refractivity contribution is 9.10. The molecule has 0 radical (unpaired) electrons. The van der Waals surface area contributed by atoms with Gasteiger partial charge in [-0.2, -0.15) is 5.10 Å². The maximum absolute atomic E-state index is 12.3. The van der Waals surface area contributed by atoms with Gasteiger partial charge < -0.3 is 19.7 Å². The van der Waals surface area contributed by atoms with E-state index >= 15 is 0 Å². The minimum Gasteiger partial charge on any atom is -0.497 e. The minimum absolute atomic E-state index is 0.324. The molecule has 0 bridgehead atoms. The van der Waals surface area contributed by atoms with Gasteiger partial charge in [0, 0.05) is 18.6 Å². The number of carbonyl (C=O) groups excluding carboxylic acids is 1. The van der Waals surface area contributed by atoms with Crippen molar-refractivity contribution in [2.24, 2.45) is 0 Å². The van der Waals surface area contributed by atoms with E-state index in [4.69, 9.17) is 14.5 Å². The van der Waals surface area contributed by atoms with Crippen molar-refractivity contribution in [2.45, 2.75) is 58.2 Å². The highest BCUT2D eigenvalue weighted by atomic mass is 79.9. The van der Waals surface area contributed by atoms with Crippen molar-refractivity contribution >= 4 is 39.0 Å². The SMILES string of the molecule is COc1ccc(Cn2nc(Br)c3ncc(N4CCC(C)(NC(=O)OC(C)(C)C)CC4)nc32)cc1. The van der Waals surface area contributed by atoms with E-state index in [1.54, 1.807) is 13.3 Å². The normalized spacial score (nSPS) is 15.9. The number of carbonyl (C=O) groups is 1. The van der Waals surface area contributed by atoms with E-state index in [9.17, 15) is 4.79 Å². The van der Waals surface area contributed by atoms with Crippen molar-refractivity contribution in [3.8, 4) is 5.75 Å². The van der Waals surface area contributed by atoms with Crippen LogP contribution in [0, 0.1) is 0 Å². The zero-order valence-corrected chi connectivity index (χ0v) is 21.8. The van der Waals surface area contributed by atoms with Crippen molar-refractivity contribution in [2.75, 3.05) is 25.1 Å². The lowest BCUT2D eigenvalue weighted by Gasteiger charge is -2.40. The second-order valence-electron chi connectivity index (χ2n) is 9.87. The molecule has 3 aromatic rings. The molecular weight excluding hydrogens is 500 g/mol. The second-order valence-corrected chi connectivity index (χ2v) is 10.6. The first-order valence-electron chi connectivity index (χ1n) is 11.3. The number of nitrogens with one attached hydrogen (secondary N) is 1. The van der Waals surface area contributed by atoms with Gasteiger partial charge in [0.05, 0.1) is 19.9 Å². The fourth-order valence-electron chi connectivity index (χ4n) is 3.97. The van der Waals surface area contributed by atoms with Crippen LogP contribution < -0.4 is 15.0 Å². The fraction of sp³-hybridized carbons (Fsp3) is 0.500. The number of anilines is 1. The number of amides is 1. The maximum Gasteiger partial charge on any atom is 0.408 e. The zero-order chi connectivity index (χ0) is 24.5. The Labute approximate surface area is 208 Å². The molecular formula is C24H31BrN6O3. The van der Waals surface area contributed by atoms with Crippen molar-refractivity contribution in [3.63, 3.8) is 0 Å². The van der Waals surface area contributed by atoms with Crippen molar-refractivity contribution in [1.29, 1.82) is 0 Å². The average molecular weight is 531 g/mol. The lowest BCUT2D eigenvalue weighted by Crippen LogP contribution is -2.54. The maximum atomic E-state index is 12.3. The molecule has 1 fully saturated rings. The highest BCUT2D eigenvalue weighted by Gasteiger charge is 2.33. The van der Waals surface area contributed by atoms with Crippen molar-refractivity contribution < 1.29 is 14.3 Å². The van der Waals surface area contributed by atoms with Gasteiger partial charge in [-0.25, -0.2) is 19.4 Å². The molecule has 1 amide bonds. The van der Waals surface area contributed by atoms with Crippen LogP contribution in [-0.4, -0.2) is 57.2 Å². The molecule has 4 rings (SSSR count). The van der Waals surface area contributed by atoms with Crippen LogP contribution in [-0.2, 0) is 11.3 Å². The lowest BCUT2D eigenvalue weighted by atomic mass is 9.90. The Morgan fingerprint density at radius 3 is 2.50 bits per heavy atom. The quantitative estimate of drug-likeness (QED) is 0.517. The number of methoxy groups -OCH3 is 1. The standard InChI is InChI=1S/C24H31BrN6O3/c1-23(2,3)34-22(32)28-24(4)10-12-30(13-11-24)18-14-26-19-20(25)29-31(21(19)27-18)15-16-6-8-17(33-5)9-7-16/h6-9,14H,10-13,15H2,1-5H3,(H,28,32). The molecule has 9 nitrogen and oxygen atoms in total. The number of hydrogen-bond acceptors (Lipinski definition) is 7. The molecule has 0 spiro atoms. The number of ether oxygens (including phenoxy) is 2. The van der Waals surface area contributed by atoms with E-state index in [0.717, 1.165) is 54.2 Å². The van der Waals surface area contributed by atoms with E-state index in [2.05, 4.69) is 43.2 Å². The number of nitrogens with zero attached hydrogens (tertiary/aromatic N) is 5. The number of piperidine rings is 1. The first-order valence-corrected chi connectivity index (χ1v) is 12.1. The molecule has 0 aliphatic carbocycles. The van der Waals surface area contributed by atoms with E-state index in [0.29, 0.717) is 11.1 Å². The van der Waals surface area contributed by atoms with Gasteiger partial charge in [-0.05, 0) is 74.2 Å². The molecule has 0 saturated carbocycles. The van der Waals surface area contributed by atoms with Gasteiger partial charge in [0.15, 0.2) is 10.3 Å². The summed E-state index contributed by atoms with van der Waals surface area (Å²) >= 11 is 3.51. The monoisotopic (exact) mass is 530 g/mol. The molecule has 1 N–H and O–H groups in total. The Morgan fingerprint density at radius 1 is 1.21 bits per heavy atom. The fourth-order valence-corrected chi connectivity index (χ4v) is 4.44. The third-order valence-corrected chi connectivity index (χ3v) is 6.41. The van der Waals surface area contributed by atoms with E-state index < -0.39 is 5.60 Å².